The molecule has 0 aliphatic carbocycles. The van der Waals surface area contributed by atoms with Crippen molar-refractivity contribution in [2.75, 3.05) is 30.4 Å². The standard InChI is InChI=1S/C13H24N4/c1-6-10(3)9-17(7-2)13-8-12(14-5)15-11(4)16-13/h8,10H,6-7,9H2,1-5H3,(H,14,15,16). The summed E-state index contributed by atoms with van der Waals surface area (Å²) in [6, 6.07) is 2.01. The van der Waals surface area contributed by atoms with Crippen LogP contribution in [0.2, 0.25) is 0 Å². The van der Waals surface area contributed by atoms with E-state index in [-0.39, 0.29) is 0 Å². The van der Waals surface area contributed by atoms with Crippen LogP contribution in [0, 0.1) is 12.8 Å². The molecule has 1 atom stereocenters. The molecule has 4 nitrogen and oxygen atoms in total. The van der Waals surface area contributed by atoms with E-state index in [1.807, 2.05) is 20.0 Å². The molecule has 0 aromatic carbocycles. The van der Waals surface area contributed by atoms with Gasteiger partial charge in [-0.3, -0.25) is 0 Å². The monoisotopic (exact) mass is 236 g/mol. The summed E-state index contributed by atoms with van der Waals surface area (Å²) in [6.45, 7) is 10.6. The van der Waals surface area contributed by atoms with E-state index in [1.165, 1.54) is 6.42 Å². The average Bonchev–Trinajstić information content (AvgIpc) is 2.34. The maximum atomic E-state index is 4.52. The fourth-order valence-corrected chi connectivity index (χ4v) is 1.73. The van der Waals surface area contributed by atoms with E-state index in [0.29, 0.717) is 5.92 Å². The quantitative estimate of drug-likeness (QED) is 0.824. The van der Waals surface area contributed by atoms with Gasteiger partial charge in [-0.05, 0) is 19.8 Å². The van der Waals surface area contributed by atoms with Crippen LogP contribution in [0.1, 0.15) is 33.0 Å². The molecule has 1 unspecified atom stereocenters. The molecule has 0 fully saturated rings. The van der Waals surface area contributed by atoms with Crippen molar-refractivity contribution < 1.29 is 0 Å². The molecule has 0 amide bonds. The van der Waals surface area contributed by atoms with Gasteiger partial charge >= 0.3 is 0 Å². The minimum atomic E-state index is 0.684. The number of rotatable bonds is 6. The molecule has 1 N–H and O–H groups in total. The second-order valence-corrected chi connectivity index (χ2v) is 4.46. The first kappa shape index (κ1) is 13.7. The van der Waals surface area contributed by atoms with Gasteiger partial charge in [-0.2, -0.15) is 0 Å². The molecule has 4 heteroatoms. The summed E-state index contributed by atoms with van der Waals surface area (Å²) in [5, 5.41) is 3.08. The Morgan fingerprint density at radius 3 is 2.59 bits per heavy atom. The molecule has 96 valence electrons. The Balaban J connectivity index is 2.90. The molecule has 1 rings (SSSR count). The summed E-state index contributed by atoms with van der Waals surface area (Å²) in [4.78, 5) is 11.1. The van der Waals surface area contributed by atoms with Gasteiger partial charge in [0.15, 0.2) is 0 Å². The van der Waals surface area contributed by atoms with Gasteiger partial charge in [0.1, 0.15) is 17.5 Å². The van der Waals surface area contributed by atoms with E-state index >= 15 is 0 Å². The molecule has 0 radical (unpaired) electrons. The molecular weight excluding hydrogens is 212 g/mol. The van der Waals surface area contributed by atoms with Crippen LogP contribution >= 0.6 is 0 Å². The SMILES string of the molecule is CCC(C)CN(CC)c1cc(NC)nc(C)n1. The molecule has 17 heavy (non-hydrogen) atoms. The third-order valence-corrected chi connectivity index (χ3v) is 3.02. The number of aromatic nitrogens is 2. The highest BCUT2D eigenvalue weighted by molar-refractivity contribution is 5.49. The summed E-state index contributed by atoms with van der Waals surface area (Å²) in [5.41, 5.74) is 0. The van der Waals surface area contributed by atoms with E-state index in [4.69, 9.17) is 0 Å². The number of hydrogen-bond donors (Lipinski definition) is 1. The topological polar surface area (TPSA) is 41.0 Å². The highest BCUT2D eigenvalue weighted by atomic mass is 15.2. The summed E-state index contributed by atoms with van der Waals surface area (Å²) < 4.78 is 0. The Morgan fingerprint density at radius 2 is 2.06 bits per heavy atom. The number of anilines is 2. The molecule has 1 aromatic rings. The normalized spacial score (nSPS) is 12.3. The van der Waals surface area contributed by atoms with Crippen molar-refractivity contribution >= 4 is 11.6 Å². The molecule has 0 saturated carbocycles. The van der Waals surface area contributed by atoms with Crippen LogP contribution in [-0.2, 0) is 0 Å². The zero-order chi connectivity index (χ0) is 12.8. The Labute approximate surface area is 104 Å². The Bertz CT molecular complexity index is 351. The van der Waals surface area contributed by atoms with Crippen molar-refractivity contribution in [3.05, 3.63) is 11.9 Å². The van der Waals surface area contributed by atoms with Gasteiger partial charge in [0, 0.05) is 26.2 Å². The summed E-state index contributed by atoms with van der Waals surface area (Å²) in [6.07, 6.45) is 1.19. The largest absolute Gasteiger partial charge is 0.373 e. The molecule has 0 saturated heterocycles. The Hall–Kier alpha value is -1.32. The van der Waals surface area contributed by atoms with Crippen LogP contribution in [0.15, 0.2) is 6.07 Å². The third-order valence-electron chi connectivity index (χ3n) is 3.02. The van der Waals surface area contributed by atoms with Crippen molar-refractivity contribution in [1.29, 1.82) is 0 Å². The smallest absolute Gasteiger partial charge is 0.134 e. The van der Waals surface area contributed by atoms with Gasteiger partial charge in [0.05, 0.1) is 0 Å². The number of aryl methyl sites for hydroxylation is 1. The minimum Gasteiger partial charge on any atom is -0.373 e. The van der Waals surface area contributed by atoms with E-state index in [2.05, 4.69) is 41.0 Å². The lowest BCUT2D eigenvalue weighted by Crippen LogP contribution is -2.29. The van der Waals surface area contributed by atoms with E-state index in [0.717, 1.165) is 30.5 Å². The number of hydrogen-bond acceptors (Lipinski definition) is 4. The Kier molecular flexibility index (Phi) is 5.19. The highest BCUT2D eigenvalue weighted by Gasteiger charge is 2.11. The third kappa shape index (κ3) is 3.88. The van der Waals surface area contributed by atoms with Crippen molar-refractivity contribution in [3.63, 3.8) is 0 Å². The lowest BCUT2D eigenvalue weighted by molar-refractivity contribution is 0.545. The van der Waals surface area contributed by atoms with Crippen molar-refractivity contribution in [2.24, 2.45) is 5.92 Å². The van der Waals surface area contributed by atoms with Crippen LogP contribution in [-0.4, -0.2) is 30.1 Å². The first-order valence-corrected chi connectivity index (χ1v) is 6.39. The van der Waals surface area contributed by atoms with Gasteiger partial charge in [0.2, 0.25) is 0 Å². The number of nitrogens with one attached hydrogen (secondary N) is 1. The van der Waals surface area contributed by atoms with Crippen LogP contribution in [0.3, 0.4) is 0 Å². The first-order chi connectivity index (χ1) is 8.10. The fourth-order valence-electron chi connectivity index (χ4n) is 1.73. The molecule has 0 bridgehead atoms. The number of nitrogens with zero attached hydrogens (tertiary/aromatic N) is 3. The summed E-state index contributed by atoms with van der Waals surface area (Å²) in [5.74, 6) is 3.40. The van der Waals surface area contributed by atoms with Gasteiger partial charge in [-0.25, -0.2) is 9.97 Å². The predicted octanol–water partition coefficient (Wildman–Crippen LogP) is 2.70. The zero-order valence-corrected chi connectivity index (χ0v) is 11.6. The first-order valence-electron chi connectivity index (χ1n) is 6.39. The second kappa shape index (κ2) is 6.42. The lowest BCUT2D eigenvalue weighted by Gasteiger charge is -2.25. The van der Waals surface area contributed by atoms with Gasteiger partial charge < -0.3 is 10.2 Å². The molecule has 1 heterocycles. The van der Waals surface area contributed by atoms with Crippen molar-refractivity contribution in [3.8, 4) is 0 Å². The van der Waals surface area contributed by atoms with Crippen molar-refractivity contribution in [2.45, 2.75) is 34.1 Å². The van der Waals surface area contributed by atoms with Gasteiger partial charge in [-0.15, -0.1) is 0 Å². The summed E-state index contributed by atoms with van der Waals surface area (Å²) in [7, 11) is 1.89. The molecule has 1 aromatic heterocycles. The molecule has 0 aliphatic heterocycles. The zero-order valence-electron chi connectivity index (χ0n) is 11.6. The lowest BCUT2D eigenvalue weighted by atomic mass is 10.1. The summed E-state index contributed by atoms with van der Waals surface area (Å²) >= 11 is 0. The average molecular weight is 236 g/mol. The van der Waals surface area contributed by atoms with Crippen molar-refractivity contribution in [1.82, 2.24) is 9.97 Å². The second-order valence-electron chi connectivity index (χ2n) is 4.46. The molecule has 0 aliphatic rings. The maximum absolute atomic E-state index is 4.52. The van der Waals surface area contributed by atoms with E-state index < -0.39 is 0 Å². The van der Waals surface area contributed by atoms with Gasteiger partial charge in [0.25, 0.3) is 0 Å². The maximum Gasteiger partial charge on any atom is 0.134 e. The fraction of sp³-hybridized carbons (Fsp3) is 0.692. The van der Waals surface area contributed by atoms with Gasteiger partial charge in [-0.1, -0.05) is 20.3 Å². The van der Waals surface area contributed by atoms with Crippen LogP contribution in [0.5, 0.6) is 0 Å². The Morgan fingerprint density at radius 1 is 1.35 bits per heavy atom. The highest BCUT2D eigenvalue weighted by Crippen LogP contribution is 2.17. The van der Waals surface area contributed by atoms with E-state index in [9.17, 15) is 0 Å². The molecular formula is C13H24N4. The minimum absolute atomic E-state index is 0.684. The van der Waals surface area contributed by atoms with Crippen LogP contribution in [0.25, 0.3) is 0 Å². The predicted molar refractivity (Wildman–Crippen MR) is 73.7 cm³/mol. The van der Waals surface area contributed by atoms with E-state index in [1.54, 1.807) is 0 Å². The van der Waals surface area contributed by atoms with Crippen LogP contribution < -0.4 is 10.2 Å². The van der Waals surface area contributed by atoms with Crippen LogP contribution in [0.4, 0.5) is 11.6 Å². The molecule has 0 spiro atoms.